The highest BCUT2D eigenvalue weighted by Gasteiger charge is 2.08. The molecule has 1 amide bonds. The largest absolute Gasteiger partial charge is 0.466 e. The number of nitrogens with one attached hydrogen (secondary N) is 2. The van der Waals surface area contributed by atoms with Gasteiger partial charge in [0.05, 0.1) is 13.0 Å². The minimum absolute atomic E-state index is 0.0302. The number of amides is 1. The van der Waals surface area contributed by atoms with Crippen molar-refractivity contribution in [2.75, 3.05) is 27.2 Å². The van der Waals surface area contributed by atoms with Gasteiger partial charge in [-0.05, 0) is 68.2 Å². The summed E-state index contributed by atoms with van der Waals surface area (Å²) in [5, 5.41) is 4.23. The normalized spacial score (nSPS) is 11.1. The summed E-state index contributed by atoms with van der Waals surface area (Å²) in [6.45, 7) is 3.67. The van der Waals surface area contributed by atoms with Crippen LogP contribution in [0, 0.1) is 0 Å². The van der Waals surface area contributed by atoms with E-state index in [1.165, 1.54) is 16.5 Å². The molecule has 6 nitrogen and oxygen atoms in total. The second-order valence-corrected chi connectivity index (χ2v) is 8.32. The Morgan fingerprint density at radius 1 is 1.00 bits per heavy atom. The first-order valence-corrected chi connectivity index (χ1v) is 11.2. The molecule has 0 unspecified atom stereocenters. The topological polar surface area (TPSA) is 74.4 Å². The number of aromatic nitrogens is 1. The molecule has 0 saturated carbocycles. The first kappa shape index (κ1) is 23.5. The number of aryl methyl sites for hydroxylation is 1. The van der Waals surface area contributed by atoms with Gasteiger partial charge >= 0.3 is 5.97 Å². The molecule has 0 atom stereocenters. The number of rotatable bonds is 11. The van der Waals surface area contributed by atoms with Crippen molar-refractivity contribution in [3.8, 4) is 0 Å². The van der Waals surface area contributed by atoms with Crippen LogP contribution in [0.3, 0.4) is 0 Å². The lowest BCUT2D eigenvalue weighted by atomic mass is 10.0. The predicted molar refractivity (Wildman–Crippen MR) is 128 cm³/mol. The number of likely N-dealkylation sites (N-methyl/N-ethyl adjacent to an activating group) is 1. The number of aromatic amines is 1. The monoisotopic (exact) mass is 435 g/mol. The van der Waals surface area contributed by atoms with Gasteiger partial charge in [-0.15, -0.1) is 0 Å². The average Bonchev–Trinajstić information content (AvgIpc) is 3.18. The first-order chi connectivity index (χ1) is 15.4. The fraction of sp³-hybridized carbons (Fsp3) is 0.385. The summed E-state index contributed by atoms with van der Waals surface area (Å²) >= 11 is 0. The lowest BCUT2D eigenvalue weighted by molar-refractivity contribution is -0.142. The summed E-state index contributed by atoms with van der Waals surface area (Å²) in [5.41, 5.74) is 5.53. The lowest BCUT2D eigenvalue weighted by Gasteiger charge is -2.09. The van der Waals surface area contributed by atoms with Crippen LogP contribution in [-0.2, 0) is 40.1 Å². The molecule has 0 radical (unpaired) electrons. The van der Waals surface area contributed by atoms with E-state index in [9.17, 15) is 9.59 Å². The minimum Gasteiger partial charge on any atom is -0.466 e. The standard InChI is InChI=1S/C26H33N3O3/c1-4-32-26(31)16-20-5-7-21(8-6-20)17-28-25(30)12-10-19-9-11-24-23(15-19)22(18-27-24)13-14-29(2)3/h5-9,11,15,18,27H,4,10,12-14,16-17H2,1-3H3,(H,28,30). The maximum atomic E-state index is 12.3. The van der Waals surface area contributed by atoms with Crippen molar-refractivity contribution >= 4 is 22.8 Å². The molecule has 0 fully saturated rings. The molecule has 32 heavy (non-hydrogen) atoms. The zero-order valence-electron chi connectivity index (χ0n) is 19.2. The molecule has 0 aliphatic carbocycles. The molecule has 3 rings (SSSR count). The van der Waals surface area contributed by atoms with E-state index in [2.05, 4.69) is 53.7 Å². The van der Waals surface area contributed by atoms with E-state index in [4.69, 9.17) is 4.74 Å². The zero-order chi connectivity index (χ0) is 22.9. The van der Waals surface area contributed by atoms with Gasteiger partial charge in [0.15, 0.2) is 0 Å². The van der Waals surface area contributed by atoms with E-state index >= 15 is 0 Å². The molecule has 0 saturated heterocycles. The number of nitrogens with zero attached hydrogens (tertiary/aromatic N) is 1. The van der Waals surface area contributed by atoms with Gasteiger partial charge in [-0.3, -0.25) is 9.59 Å². The van der Waals surface area contributed by atoms with Crippen molar-refractivity contribution < 1.29 is 14.3 Å². The second kappa shape index (κ2) is 11.5. The Morgan fingerprint density at radius 2 is 1.72 bits per heavy atom. The third kappa shape index (κ3) is 6.95. The van der Waals surface area contributed by atoms with Crippen LogP contribution in [0.2, 0.25) is 0 Å². The molecule has 6 heteroatoms. The molecular weight excluding hydrogens is 402 g/mol. The van der Waals surface area contributed by atoms with Crippen molar-refractivity contribution in [1.29, 1.82) is 0 Å². The van der Waals surface area contributed by atoms with Crippen LogP contribution in [0.15, 0.2) is 48.7 Å². The number of benzene rings is 2. The summed E-state index contributed by atoms with van der Waals surface area (Å²) in [6, 6.07) is 14.1. The van der Waals surface area contributed by atoms with Crippen molar-refractivity contribution in [3.63, 3.8) is 0 Å². The Labute approximate surface area is 190 Å². The van der Waals surface area contributed by atoms with E-state index in [0.29, 0.717) is 26.0 Å². The van der Waals surface area contributed by atoms with Gasteiger partial charge < -0.3 is 19.9 Å². The van der Waals surface area contributed by atoms with E-state index in [1.807, 2.05) is 24.3 Å². The van der Waals surface area contributed by atoms with E-state index < -0.39 is 0 Å². The number of fused-ring (bicyclic) bond motifs is 1. The number of carbonyl (C=O) groups excluding carboxylic acids is 2. The van der Waals surface area contributed by atoms with Crippen LogP contribution in [0.25, 0.3) is 10.9 Å². The van der Waals surface area contributed by atoms with Crippen LogP contribution in [0.5, 0.6) is 0 Å². The fourth-order valence-corrected chi connectivity index (χ4v) is 3.63. The molecule has 0 spiro atoms. The SMILES string of the molecule is CCOC(=O)Cc1ccc(CNC(=O)CCc2ccc3[nH]cc(CCN(C)C)c3c2)cc1. The Hall–Kier alpha value is -3.12. The third-order valence-electron chi connectivity index (χ3n) is 5.47. The van der Waals surface area contributed by atoms with Gasteiger partial charge in [-0.2, -0.15) is 0 Å². The van der Waals surface area contributed by atoms with E-state index in [0.717, 1.165) is 29.6 Å². The van der Waals surface area contributed by atoms with Crippen LogP contribution in [0.1, 0.15) is 35.6 Å². The maximum Gasteiger partial charge on any atom is 0.310 e. The lowest BCUT2D eigenvalue weighted by Crippen LogP contribution is -2.23. The molecule has 0 aliphatic rings. The van der Waals surface area contributed by atoms with Crippen molar-refractivity contribution in [2.24, 2.45) is 0 Å². The van der Waals surface area contributed by atoms with Crippen molar-refractivity contribution in [1.82, 2.24) is 15.2 Å². The van der Waals surface area contributed by atoms with Crippen molar-refractivity contribution in [2.45, 2.75) is 39.2 Å². The van der Waals surface area contributed by atoms with Gasteiger partial charge in [0.25, 0.3) is 0 Å². The van der Waals surface area contributed by atoms with E-state index in [1.54, 1.807) is 6.92 Å². The molecule has 0 bridgehead atoms. The van der Waals surface area contributed by atoms with Gasteiger partial charge in [-0.25, -0.2) is 0 Å². The molecule has 2 N–H and O–H groups in total. The summed E-state index contributed by atoms with van der Waals surface area (Å²) in [6.07, 6.45) is 4.50. The quantitative estimate of drug-likeness (QED) is 0.451. The van der Waals surface area contributed by atoms with Crippen LogP contribution in [-0.4, -0.2) is 49.0 Å². The van der Waals surface area contributed by atoms with Gasteiger partial charge in [-0.1, -0.05) is 30.3 Å². The molecule has 2 aromatic carbocycles. The number of ether oxygens (including phenoxy) is 1. The maximum absolute atomic E-state index is 12.3. The Balaban J connectivity index is 1.48. The second-order valence-electron chi connectivity index (χ2n) is 8.32. The summed E-state index contributed by atoms with van der Waals surface area (Å²) in [7, 11) is 4.16. The van der Waals surface area contributed by atoms with Crippen molar-refractivity contribution in [3.05, 3.63) is 70.9 Å². The van der Waals surface area contributed by atoms with Gasteiger partial charge in [0.1, 0.15) is 0 Å². The number of carbonyl (C=O) groups is 2. The Kier molecular flexibility index (Phi) is 8.45. The first-order valence-electron chi connectivity index (χ1n) is 11.2. The third-order valence-corrected chi connectivity index (χ3v) is 5.47. The molecule has 1 aromatic heterocycles. The Bertz CT molecular complexity index is 1040. The number of hydrogen-bond donors (Lipinski definition) is 2. The smallest absolute Gasteiger partial charge is 0.310 e. The molecule has 3 aromatic rings. The highest BCUT2D eigenvalue weighted by molar-refractivity contribution is 5.84. The predicted octanol–water partition coefficient (Wildman–Crippen LogP) is 3.63. The number of hydrogen-bond acceptors (Lipinski definition) is 4. The Morgan fingerprint density at radius 3 is 2.44 bits per heavy atom. The van der Waals surface area contributed by atoms with Crippen LogP contribution >= 0.6 is 0 Å². The van der Waals surface area contributed by atoms with Gasteiger partial charge in [0, 0.05) is 36.6 Å². The van der Waals surface area contributed by atoms with Gasteiger partial charge in [0.2, 0.25) is 5.91 Å². The van der Waals surface area contributed by atoms with Crippen LogP contribution < -0.4 is 5.32 Å². The zero-order valence-corrected chi connectivity index (χ0v) is 19.2. The highest BCUT2D eigenvalue weighted by Crippen LogP contribution is 2.21. The summed E-state index contributed by atoms with van der Waals surface area (Å²) in [4.78, 5) is 29.4. The fourth-order valence-electron chi connectivity index (χ4n) is 3.63. The van der Waals surface area contributed by atoms with Crippen LogP contribution in [0.4, 0.5) is 0 Å². The minimum atomic E-state index is -0.226. The molecule has 1 heterocycles. The average molecular weight is 436 g/mol. The summed E-state index contributed by atoms with van der Waals surface area (Å²) in [5.74, 6) is -0.196. The molecule has 170 valence electrons. The highest BCUT2D eigenvalue weighted by atomic mass is 16.5. The number of esters is 1. The summed E-state index contributed by atoms with van der Waals surface area (Å²) < 4.78 is 4.97. The van der Waals surface area contributed by atoms with E-state index in [-0.39, 0.29) is 18.3 Å². The molecular formula is C26H33N3O3. The number of H-pyrrole nitrogens is 1. The molecule has 0 aliphatic heterocycles.